The van der Waals surface area contributed by atoms with Gasteiger partial charge in [0.25, 0.3) is 17.7 Å². The van der Waals surface area contributed by atoms with E-state index < -0.39 is 23.6 Å². The fraction of sp³-hybridized carbons (Fsp3) is 0.158. The normalized spacial score (nSPS) is 12.5. The maximum absolute atomic E-state index is 12.2. The predicted molar refractivity (Wildman–Crippen MR) is 99.7 cm³/mol. The van der Waals surface area contributed by atoms with Gasteiger partial charge in [-0.1, -0.05) is 35.9 Å². The summed E-state index contributed by atoms with van der Waals surface area (Å²) in [5.74, 6) is -1.68. The van der Waals surface area contributed by atoms with Crippen molar-refractivity contribution < 1.29 is 23.9 Å². The molecule has 0 radical (unpaired) electrons. The number of hydrogen-bond donors (Lipinski definition) is 2. The molecular weight excluding hydrogens is 386 g/mol. The van der Waals surface area contributed by atoms with Gasteiger partial charge in [-0.2, -0.15) is 0 Å². The molecule has 9 heteroatoms. The zero-order chi connectivity index (χ0) is 20.1. The molecule has 28 heavy (non-hydrogen) atoms. The van der Waals surface area contributed by atoms with Gasteiger partial charge in [0.05, 0.1) is 16.1 Å². The van der Waals surface area contributed by atoms with Crippen LogP contribution in [0.3, 0.4) is 0 Å². The van der Waals surface area contributed by atoms with Crippen LogP contribution in [-0.4, -0.2) is 41.7 Å². The summed E-state index contributed by atoms with van der Waals surface area (Å²) in [5, 5.41) is 0.361. The van der Waals surface area contributed by atoms with Crippen LogP contribution < -0.4 is 15.6 Å². The van der Waals surface area contributed by atoms with E-state index in [1.807, 2.05) is 0 Å². The van der Waals surface area contributed by atoms with Gasteiger partial charge in [-0.3, -0.25) is 34.9 Å². The van der Waals surface area contributed by atoms with Gasteiger partial charge in [0, 0.05) is 13.0 Å². The molecule has 144 valence electrons. The Hall–Kier alpha value is -3.39. The Morgan fingerprint density at radius 1 is 0.893 bits per heavy atom. The number of carbonyl (C=O) groups excluding carboxylic acids is 4. The zero-order valence-corrected chi connectivity index (χ0v) is 15.4. The van der Waals surface area contributed by atoms with Crippen molar-refractivity contribution in [3.63, 3.8) is 0 Å². The van der Waals surface area contributed by atoms with E-state index in [4.69, 9.17) is 16.3 Å². The number of para-hydroxylation sites is 1. The molecule has 2 aromatic carbocycles. The Balaban J connectivity index is 1.42. The number of hydrazine groups is 1. The van der Waals surface area contributed by atoms with Crippen molar-refractivity contribution in [1.29, 1.82) is 0 Å². The monoisotopic (exact) mass is 401 g/mol. The topological polar surface area (TPSA) is 105 Å². The van der Waals surface area contributed by atoms with Gasteiger partial charge >= 0.3 is 0 Å². The zero-order valence-electron chi connectivity index (χ0n) is 14.6. The lowest BCUT2D eigenvalue weighted by Gasteiger charge is -2.14. The third kappa shape index (κ3) is 4.29. The molecule has 0 saturated carbocycles. The largest absolute Gasteiger partial charge is 0.482 e. The number of halogens is 1. The smallest absolute Gasteiger partial charge is 0.276 e. The van der Waals surface area contributed by atoms with E-state index in [1.165, 1.54) is 0 Å². The molecule has 0 aromatic heterocycles. The third-order valence-corrected chi connectivity index (χ3v) is 4.29. The van der Waals surface area contributed by atoms with Gasteiger partial charge < -0.3 is 4.74 Å². The molecule has 1 aliphatic heterocycles. The minimum absolute atomic E-state index is 0.0931. The highest BCUT2D eigenvalue weighted by molar-refractivity contribution is 6.32. The third-order valence-electron chi connectivity index (χ3n) is 3.98. The number of nitrogens with zero attached hydrogens (tertiary/aromatic N) is 1. The SMILES string of the molecule is O=C(CCN1C(=O)c2ccccc2C1=O)NNC(=O)COc1ccccc1Cl. The van der Waals surface area contributed by atoms with E-state index in [2.05, 4.69) is 10.9 Å². The molecule has 0 fully saturated rings. The first kappa shape index (κ1) is 19.4. The second kappa shape index (κ2) is 8.53. The predicted octanol–water partition coefficient (Wildman–Crippen LogP) is 1.55. The van der Waals surface area contributed by atoms with Crippen molar-refractivity contribution in [2.24, 2.45) is 0 Å². The Morgan fingerprint density at radius 2 is 1.46 bits per heavy atom. The summed E-state index contributed by atoms with van der Waals surface area (Å²) < 4.78 is 5.24. The van der Waals surface area contributed by atoms with Gasteiger partial charge in [0.1, 0.15) is 5.75 Å². The van der Waals surface area contributed by atoms with E-state index in [1.54, 1.807) is 48.5 Å². The van der Waals surface area contributed by atoms with E-state index >= 15 is 0 Å². The first-order chi connectivity index (χ1) is 13.5. The molecule has 0 aliphatic carbocycles. The maximum Gasteiger partial charge on any atom is 0.276 e. The van der Waals surface area contributed by atoms with Crippen LogP contribution in [0.1, 0.15) is 27.1 Å². The van der Waals surface area contributed by atoms with Gasteiger partial charge in [-0.25, -0.2) is 0 Å². The summed E-state index contributed by atoms with van der Waals surface area (Å²) in [6.07, 6.45) is -0.156. The lowest BCUT2D eigenvalue weighted by molar-refractivity contribution is -0.130. The van der Waals surface area contributed by atoms with Gasteiger partial charge in [-0.15, -0.1) is 0 Å². The fourth-order valence-electron chi connectivity index (χ4n) is 2.60. The number of fused-ring (bicyclic) bond motifs is 1. The number of amides is 4. The van der Waals surface area contributed by atoms with Gasteiger partial charge in [-0.05, 0) is 24.3 Å². The average Bonchev–Trinajstić information content (AvgIpc) is 2.94. The van der Waals surface area contributed by atoms with Crippen molar-refractivity contribution in [3.8, 4) is 5.75 Å². The molecule has 0 atom stereocenters. The molecule has 0 saturated heterocycles. The summed E-state index contributed by atoms with van der Waals surface area (Å²) >= 11 is 5.91. The van der Waals surface area contributed by atoms with Crippen molar-refractivity contribution in [2.75, 3.05) is 13.2 Å². The highest BCUT2D eigenvalue weighted by Crippen LogP contribution is 2.23. The Morgan fingerprint density at radius 3 is 2.11 bits per heavy atom. The van der Waals surface area contributed by atoms with E-state index in [9.17, 15) is 19.2 Å². The number of ether oxygens (including phenoxy) is 1. The molecule has 1 aliphatic rings. The summed E-state index contributed by atoms with van der Waals surface area (Å²) in [7, 11) is 0. The minimum Gasteiger partial charge on any atom is -0.482 e. The molecule has 0 spiro atoms. The van der Waals surface area contributed by atoms with Crippen LogP contribution in [0, 0.1) is 0 Å². The van der Waals surface area contributed by atoms with Crippen LogP contribution in [0.2, 0.25) is 5.02 Å². The van der Waals surface area contributed by atoms with Crippen LogP contribution in [0.4, 0.5) is 0 Å². The summed E-state index contributed by atoms with van der Waals surface area (Å²) in [4.78, 5) is 49.0. The van der Waals surface area contributed by atoms with E-state index in [-0.39, 0.29) is 19.6 Å². The van der Waals surface area contributed by atoms with Crippen LogP contribution in [-0.2, 0) is 9.59 Å². The molecular formula is C19H16ClN3O5. The molecule has 2 N–H and O–H groups in total. The maximum atomic E-state index is 12.2. The molecule has 4 amide bonds. The Kier molecular flexibility index (Phi) is 5.90. The molecule has 0 unspecified atom stereocenters. The van der Waals surface area contributed by atoms with Gasteiger partial charge in [0.15, 0.2) is 6.61 Å². The second-order valence-electron chi connectivity index (χ2n) is 5.87. The standard InChI is InChI=1S/C19H16ClN3O5/c20-14-7-3-4-8-15(14)28-11-17(25)22-21-16(24)9-10-23-18(26)12-5-1-2-6-13(12)19(23)27/h1-8H,9-11H2,(H,21,24)(H,22,25). The number of hydrogen-bond acceptors (Lipinski definition) is 5. The first-order valence-corrected chi connectivity index (χ1v) is 8.75. The van der Waals surface area contributed by atoms with Crippen LogP contribution >= 0.6 is 11.6 Å². The van der Waals surface area contributed by atoms with Crippen molar-refractivity contribution in [3.05, 3.63) is 64.7 Å². The fourth-order valence-corrected chi connectivity index (χ4v) is 2.79. The van der Waals surface area contributed by atoms with Gasteiger partial charge in [0.2, 0.25) is 5.91 Å². The Bertz CT molecular complexity index is 912. The second-order valence-corrected chi connectivity index (χ2v) is 6.28. The lowest BCUT2D eigenvalue weighted by atomic mass is 10.1. The Labute approximate surface area is 165 Å². The van der Waals surface area contributed by atoms with E-state index in [0.29, 0.717) is 21.9 Å². The highest BCUT2D eigenvalue weighted by atomic mass is 35.5. The summed E-state index contributed by atoms with van der Waals surface area (Å²) in [6.45, 7) is -0.438. The number of carbonyl (C=O) groups is 4. The lowest BCUT2D eigenvalue weighted by Crippen LogP contribution is -2.45. The van der Waals surface area contributed by atoms with Crippen molar-refractivity contribution in [1.82, 2.24) is 15.8 Å². The quantitative estimate of drug-likeness (QED) is 0.564. The summed E-state index contributed by atoms with van der Waals surface area (Å²) in [6, 6.07) is 13.1. The molecule has 0 bridgehead atoms. The summed E-state index contributed by atoms with van der Waals surface area (Å²) in [5.41, 5.74) is 5.03. The number of rotatable bonds is 6. The molecule has 1 heterocycles. The van der Waals surface area contributed by atoms with Crippen molar-refractivity contribution in [2.45, 2.75) is 6.42 Å². The highest BCUT2D eigenvalue weighted by Gasteiger charge is 2.34. The van der Waals surface area contributed by atoms with Crippen LogP contribution in [0.25, 0.3) is 0 Å². The minimum atomic E-state index is -0.589. The molecule has 3 rings (SSSR count). The van der Waals surface area contributed by atoms with E-state index in [0.717, 1.165) is 4.90 Å². The average molecular weight is 402 g/mol. The first-order valence-electron chi connectivity index (χ1n) is 8.37. The van der Waals surface area contributed by atoms with Crippen LogP contribution in [0.5, 0.6) is 5.75 Å². The number of benzene rings is 2. The van der Waals surface area contributed by atoms with Crippen molar-refractivity contribution >= 4 is 35.2 Å². The number of nitrogens with one attached hydrogen (secondary N) is 2. The van der Waals surface area contributed by atoms with Crippen LogP contribution in [0.15, 0.2) is 48.5 Å². The molecule has 2 aromatic rings. The molecule has 8 nitrogen and oxygen atoms in total. The number of imide groups is 1.